The molecule has 6 heteroatoms. The Balaban J connectivity index is 1.32. The third-order valence-electron chi connectivity index (χ3n) is 7.19. The molecule has 38 heavy (non-hydrogen) atoms. The van der Waals surface area contributed by atoms with Gasteiger partial charge in [0.25, 0.3) is 5.91 Å². The van der Waals surface area contributed by atoms with Gasteiger partial charge >= 0.3 is 0 Å². The van der Waals surface area contributed by atoms with Crippen molar-refractivity contribution in [3.8, 4) is 5.75 Å². The largest absolute Gasteiger partial charge is 0.489 e. The summed E-state index contributed by atoms with van der Waals surface area (Å²) < 4.78 is 5.97. The number of fused-ring (bicyclic) bond motifs is 1. The number of benzene rings is 4. The summed E-state index contributed by atoms with van der Waals surface area (Å²) in [7, 11) is 0. The van der Waals surface area contributed by atoms with Gasteiger partial charge in [-0.25, -0.2) is 9.96 Å². The Labute approximate surface area is 222 Å². The highest BCUT2D eigenvalue weighted by Crippen LogP contribution is 2.48. The number of hydrogen-bond donors (Lipinski definition) is 0. The fourth-order valence-electron chi connectivity index (χ4n) is 5.35. The third kappa shape index (κ3) is 4.23. The Morgan fingerprint density at radius 3 is 2.16 bits per heavy atom. The lowest BCUT2D eigenvalue weighted by molar-refractivity contribution is -0.126. The molecule has 0 spiro atoms. The van der Waals surface area contributed by atoms with Crippen LogP contribution in [0.3, 0.4) is 0 Å². The summed E-state index contributed by atoms with van der Waals surface area (Å²) in [5.41, 5.74) is 5.30. The molecule has 4 aromatic rings. The Kier molecular flexibility index (Phi) is 6.18. The number of nitrogens with zero attached hydrogens (tertiary/aromatic N) is 2. The van der Waals surface area contributed by atoms with Crippen LogP contribution in [0, 0.1) is 19.8 Å². The number of imide groups is 1. The van der Waals surface area contributed by atoms with Gasteiger partial charge in [0.1, 0.15) is 18.3 Å². The highest BCUT2D eigenvalue weighted by atomic mass is 16.7. The second-order valence-corrected chi connectivity index (χ2v) is 9.80. The molecule has 2 aliphatic heterocycles. The summed E-state index contributed by atoms with van der Waals surface area (Å²) in [6.07, 6.45) is -0.901. The molecule has 2 heterocycles. The molecule has 2 amide bonds. The third-order valence-corrected chi connectivity index (χ3v) is 7.19. The summed E-state index contributed by atoms with van der Waals surface area (Å²) in [4.78, 5) is 35.1. The Morgan fingerprint density at radius 2 is 1.47 bits per heavy atom. The highest BCUT2D eigenvalue weighted by molar-refractivity contribution is 6.24. The number of anilines is 2. The summed E-state index contributed by atoms with van der Waals surface area (Å²) in [5.74, 6) is -0.539. The van der Waals surface area contributed by atoms with Crippen LogP contribution in [0.4, 0.5) is 11.4 Å². The van der Waals surface area contributed by atoms with Crippen LogP contribution in [0.25, 0.3) is 0 Å². The summed E-state index contributed by atoms with van der Waals surface area (Å²) in [6.45, 7) is 4.37. The van der Waals surface area contributed by atoms with Gasteiger partial charge < -0.3 is 4.74 Å². The minimum absolute atomic E-state index is 0.250. The summed E-state index contributed by atoms with van der Waals surface area (Å²) in [6, 6.07) is 32.5. The Bertz CT molecular complexity index is 1470. The molecule has 4 aromatic carbocycles. The molecular formula is C32H28N2O4. The maximum atomic E-state index is 13.9. The molecule has 0 unspecified atom stereocenters. The monoisotopic (exact) mass is 504 g/mol. The minimum Gasteiger partial charge on any atom is -0.489 e. The van der Waals surface area contributed by atoms with E-state index in [4.69, 9.17) is 9.57 Å². The molecule has 6 nitrogen and oxygen atoms in total. The SMILES string of the molecule is Cc1ccc(N2C(=O)[C@H]3[C@@H](ON(c4ccccc4)[C@H]3c3ccc(OCc4ccccc4)cc3)C2=O)c(C)c1. The first-order valence-electron chi connectivity index (χ1n) is 12.7. The van der Waals surface area contributed by atoms with Gasteiger partial charge in [0.15, 0.2) is 6.10 Å². The lowest BCUT2D eigenvalue weighted by atomic mass is 9.90. The number of amides is 2. The minimum atomic E-state index is -0.901. The van der Waals surface area contributed by atoms with E-state index in [-0.39, 0.29) is 11.8 Å². The van der Waals surface area contributed by atoms with Crippen LogP contribution in [0.5, 0.6) is 5.75 Å². The standard InChI is InChI=1S/C32H28N2O4/c1-21-13-18-27(22(2)19-21)33-31(35)28-29(34(38-30(28)32(33)36)25-11-7-4-8-12-25)24-14-16-26(17-15-24)37-20-23-9-5-3-6-10-23/h3-19,28-30H,20H2,1-2H3/t28-,29+,30-/m1/s1. The Hall–Kier alpha value is -4.42. The average molecular weight is 505 g/mol. The van der Waals surface area contributed by atoms with Crippen molar-refractivity contribution < 1.29 is 19.2 Å². The van der Waals surface area contributed by atoms with Crippen molar-refractivity contribution in [2.45, 2.75) is 32.6 Å². The number of aryl methyl sites for hydroxylation is 2. The van der Waals surface area contributed by atoms with Crippen molar-refractivity contribution in [2.75, 3.05) is 9.96 Å². The lowest BCUT2D eigenvalue weighted by Gasteiger charge is -2.29. The normalized spacial score (nSPS) is 20.6. The molecule has 0 aliphatic carbocycles. The fourth-order valence-corrected chi connectivity index (χ4v) is 5.35. The van der Waals surface area contributed by atoms with Crippen LogP contribution in [0.1, 0.15) is 28.3 Å². The van der Waals surface area contributed by atoms with Gasteiger partial charge in [-0.2, -0.15) is 0 Å². The van der Waals surface area contributed by atoms with E-state index >= 15 is 0 Å². The molecule has 3 atom stereocenters. The predicted molar refractivity (Wildman–Crippen MR) is 146 cm³/mol. The van der Waals surface area contributed by atoms with E-state index in [0.717, 1.165) is 33.7 Å². The van der Waals surface area contributed by atoms with Gasteiger partial charge in [0.2, 0.25) is 5.91 Å². The number of hydroxylamine groups is 1. The maximum absolute atomic E-state index is 13.9. The first kappa shape index (κ1) is 23.9. The van der Waals surface area contributed by atoms with Crippen molar-refractivity contribution in [3.05, 3.63) is 125 Å². The van der Waals surface area contributed by atoms with Crippen LogP contribution in [-0.4, -0.2) is 17.9 Å². The molecule has 2 aliphatic rings. The number of hydrogen-bond acceptors (Lipinski definition) is 5. The number of para-hydroxylation sites is 1. The maximum Gasteiger partial charge on any atom is 0.266 e. The number of carbonyl (C=O) groups excluding carboxylic acids is 2. The van der Waals surface area contributed by atoms with Crippen molar-refractivity contribution in [1.29, 1.82) is 0 Å². The van der Waals surface area contributed by atoms with Crippen molar-refractivity contribution >= 4 is 23.2 Å². The molecule has 0 aromatic heterocycles. The van der Waals surface area contributed by atoms with Crippen molar-refractivity contribution in [2.24, 2.45) is 5.92 Å². The zero-order valence-corrected chi connectivity index (χ0v) is 21.3. The van der Waals surface area contributed by atoms with E-state index in [1.807, 2.05) is 117 Å². The van der Waals surface area contributed by atoms with Crippen LogP contribution in [0.2, 0.25) is 0 Å². The first-order valence-corrected chi connectivity index (χ1v) is 12.7. The lowest BCUT2D eigenvalue weighted by Crippen LogP contribution is -2.37. The Morgan fingerprint density at radius 1 is 0.789 bits per heavy atom. The zero-order valence-electron chi connectivity index (χ0n) is 21.3. The van der Waals surface area contributed by atoms with Gasteiger partial charge in [-0.3, -0.25) is 14.4 Å². The number of ether oxygens (including phenoxy) is 1. The molecule has 0 radical (unpaired) electrons. The smallest absolute Gasteiger partial charge is 0.266 e. The zero-order chi connectivity index (χ0) is 26.2. The van der Waals surface area contributed by atoms with Gasteiger partial charge in [-0.1, -0.05) is 78.4 Å². The molecule has 0 bridgehead atoms. The van der Waals surface area contributed by atoms with E-state index in [1.54, 1.807) is 5.06 Å². The topological polar surface area (TPSA) is 59.1 Å². The van der Waals surface area contributed by atoms with E-state index in [2.05, 4.69) is 0 Å². The van der Waals surface area contributed by atoms with Crippen LogP contribution < -0.4 is 14.7 Å². The quantitative estimate of drug-likeness (QED) is 0.305. The van der Waals surface area contributed by atoms with Gasteiger partial charge in [-0.15, -0.1) is 0 Å². The van der Waals surface area contributed by atoms with E-state index < -0.39 is 18.1 Å². The van der Waals surface area contributed by atoms with Crippen molar-refractivity contribution in [1.82, 2.24) is 0 Å². The van der Waals surface area contributed by atoms with Gasteiger partial charge in [0, 0.05) is 0 Å². The number of carbonyl (C=O) groups is 2. The van der Waals surface area contributed by atoms with E-state index in [9.17, 15) is 9.59 Å². The molecule has 0 saturated carbocycles. The second kappa shape index (κ2) is 9.80. The predicted octanol–water partition coefficient (Wildman–Crippen LogP) is 5.93. The van der Waals surface area contributed by atoms with E-state index in [1.165, 1.54) is 4.90 Å². The first-order chi connectivity index (χ1) is 18.5. The van der Waals surface area contributed by atoms with Gasteiger partial charge in [0.05, 0.1) is 17.4 Å². The molecule has 190 valence electrons. The van der Waals surface area contributed by atoms with Crippen molar-refractivity contribution in [3.63, 3.8) is 0 Å². The van der Waals surface area contributed by atoms with Crippen LogP contribution in [0.15, 0.2) is 103 Å². The highest BCUT2D eigenvalue weighted by Gasteiger charge is 2.60. The van der Waals surface area contributed by atoms with Gasteiger partial charge in [-0.05, 0) is 60.9 Å². The van der Waals surface area contributed by atoms with Crippen LogP contribution in [-0.2, 0) is 21.0 Å². The molecule has 0 N–H and O–H groups in total. The second-order valence-electron chi connectivity index (χ2n) is 9.80. The molecule has 2 fully saturated rings. The molecule has 2 saturated heterocycles. The van der Waals surface area contributed by atoms with E-state index in [0.29, 0.717) is 12.3 Å². The molecular weight excluding hydrogens is 476 g/mol. The molecule has 6 rings (SSSR count). The summed E-state index contributed by atoms with van der Waals surface area (Å²) in [5, 5.41) is 1.71. The average Bonchev–Trinajstić information content (AvgIpc) is 3.45. The fraction of sp³-hybridized carbons (Fsp3) is 0.188. The van der Waals surface area contributed by atoms with Crippen LogP contribution >= 0.6 is 0 Å². The summed E-state index contributed by atoms with van der Waals surface area (Å²) >= 11 is 0. The number of rotatable bonds is 6.